The Bertz CT molecular complexity index is 463. The van der Waals surface area contributed by atoms with Gasteiger partial charge in [0, 0.05) is 18.9 Å². The summed E-state index contributed by atoms with van der Waals surface area (Å²) in [6.07, 6.45) is 1.46. The van der Waals surface area contributed by atoms with Gasteiger partial charge in [-0.1, -0.05) is 0 Å². The fourth-order valence-electron chi connectivity index (χ4n) is 1.83. The summed E-state index contributed by atoms with van der Waals surface area (Å²) in [7, 11) is 0.873. The van der Waals surface area contributed by atoms with Crippen LogP contribution in [0, 0.1) is 5.82 Å². The molecule has 1 saturated heterocycles. The first-order valence-corrected chi connectivity index (χ1v) is 6.26. The second-order valence-corrected chi connectivity index (χ2v) is 5.72. The Hall–Kier alpha value is -0.975. The van der Waals surface area contributed by atoms with E-state index in [0.717, 1.165) is 0 Å². The van der Waals surface area contributed by atoms with Crippen molar-refractivity contribution in [3.8, 4) is 0 Å². The van der Waals surface area contributed by atoms with Gasteiger partial charge in [0.05, 0.1) is 23.4 Å². The van der Waals surface area contributed by atoms with E-state index < -0.39 is 18.3 Å². The highest BCUT2D eigenvalue weighted by atomic mass is 19.1. The maximum absolute atomic E-state index is 13.8. The highest BCUT2D eigenvalue weighted by Crippen LogP contribution is 2.36. The molecule has 104 valence electrons. The Balaban J connectivity index is 2.23. The van der Waals surface area contributed by atoms with Gasteiger partial charge in [0.1, 0.15) is 5.82 Å². The zero-order valence-electron chi connectivity index (χ0n) is 12.0. The predicted octanol–water partition coefficient (Wildman–Crippen LogP) is 1.67. The number of pyridine rings is 1. The first-order valence-electron chi connectivity index (χ1n) is 6.26. The third-order valence-electron chi connectivity index (χ3n) is 3.75. The molecule has 0 aliphatic carbocycles. The second-order valence-electron chi connectivity index (χ2n) is 5.72. The molecule has 4 nitrogen and oxygen atoms in total. The van der Waals surface area contributed by atoms with Crippen molar-refractivity contribution in [1.29, 1.82) is 0 Å². The number of nitrogens with zero attached hydrogens (tertiary/aromatic N) is 1. The summed E-state index contributed by atoms with van der Waals surface area (Å²) in [5.41, 5.74) is -0.0547. The molecule has 0 N–H and O–H groups in total. The third kappa shape index (κ3) is 2.66. The highest BCUT2D eigenvalue weighted by Gasteiger charge is 2.52. The minimum atomic E-state index is -0.643. The van der Waals surface area contributed by atoms with Gasteiger partial charge in [0.15, 0.2) is 0 Å². The number of halogens is 1. The summed E-state index contributed by atoms with van der Waals surface area (Å²) in [6.45, 7) is 7.99. The van der Waals surface area contributed by atoms with Crippen molar-refractivity contribution in [2.75, 3.05) is 7.11 Å². The van der Waals surface area contributed by atoms with Crippen LogP contribution >= 0.6 is 0 Å². The predicted molar refractivity (Wildman–Crippen MR) is 70.6 cm³/mol. The summed E-state index contributed by atoms with van der Waals surface area (Å²) in [4.78, 5) is 4.20. The van der Waals surface area contributed by atoms with Crippen LogP contribution in [0.25, 0.3) is 0 Å². The van der Waals surface area contributed by atoms with Crippen molar-refractivity contribution in [2.24, 2.45) is 0 Å². The quantitative estimate of drug-likeness (QED) is 0.781. The van der Waals surface area contributed by atoms with E-state index in [2.05, 4.69) is 4.98 Å². The van der Waals surface area contributed by atoms with Crippen LogP contribution in [0.15, 0.2) is 12.3 Å². The van der Waals surface area contributed by atoms with E-state index >= 15 is 0 Å². The van der Waals surface area contributed by atoms with Gasteiger partial charge in [0.25, 0.3) is 0 Å². The fourth-order valence-corrected chi connectivity index (χ4v) is 1.83. The zero-order chi connectivity index (χ0) is 14.3. The van der Waals surface area contributed by atoms with E-state index in [1.54, 1.807) is 0 Å². The van der Waals surface area contributed by atoms with Crippen molar-refractivity contribution < 1.29 is 18.4 Å². The smallest absolute Gasteiger partial charge is 0.398 e. The number of ether oxygens (including phenoxy) is 1. The largest absolute Gasteiger partial charge is 0.514 e. The zero-order valence-corrected chi connectivity index (χ0v) is 12.0. The van der Waals surface area contributed by atoms with Crippen LogP contribution in [0.4, 0.5) is 4.39 Å². The molecule has 1 aromatic heterocycles. The van der Waals surface area contributed by atoms with Crippen molar-refractivity contribution in [3.63, 3.8) is 0 Å². The standard InChI is InChI=1S/C13H19BFNO3/c1-12(2)13(3,4)19-14(18-12)11-6-10(15)9(7-16-11)8-17-5/h6-7H,8H2,1-5H3. The van der Waals surface area contributed by atoms with Crippen molar-refractivity contribution in [2.45, 2.75) is 45.5 Å². The molecule has 1 aliphatic heterocycles. The van der Waals surface area contributed by atoms with Crippen LogP contribution in [0.2, 0.25) is 0 Å². The Labute approximate surface area is 113 Å². The van der Waals surface area contributed by atoms with Crippen LogP contribution in [0.5, 0.6) is 0 Å². The summed E-state index contributed by atoms with van der Waals surface area (Å²) in [5.74, 6) is -0.360. The molecule has 0 aromatic carbocycles. The minimum Gasteiger partial charge on any atom is -0.398 e. The lowest BCUT2D eigenvalue weighted by Crippen LogP contribution is -2.41. The Morgan fingerprint density at radius 2 is 1.84 bits per heavy atom. The first-order chi connectivity index (χ1) is 8.77. The molecule has 19 heavy (non-hydrogen) atoms. The van der Waals surface area contributed by atoms with Gasteiger partial charge in [-0.25, -0.2) is 4.39 Å². The second kappa shape index (κ2) is 4.85. The van der Waals surface area contributed by atoms with Gasteiger partial charge >= 0.3 is 7.12 Å². The molecule has 0 spiro atoms. The molecule has 1 aromatic rings. The summed E-state index contributed by atoms with van der Waals surface area (Å²) in [6, 6.07) is 1.34. The molecule has 0 atom stereocenters. The van der Waals surface area contributed by atoms with Crippen LogP contribution in [0.1, 0.15) is 33.3 Å². The number of methoxy groups -OCH3 is 1. The van der Waals surface area contributed by atoms with Crippen LogP contribution in [0.3, 0.4) is 0 Å². The number of hydrogen-bond acceptors (Lipinski definition) is 4. The van der Waals surface area contributed by atoms with E-state index in [9.17, 15) is 4.39 Å². The fraction of sp³-hybridized carbons (Fsp3) is 0.615. The van der Waals surface area contributed by atoms with Crippen molar-refractivity contribution in [1.82, 2.24) is 4.98 Å². The number of hydrogen-bond donors (Lipinski definition) is 0. The molecular weight excluding hydrogens is 248 g/mol. The van der Waals surface area contributed by atoms with Crippen LogP contribution in [-0.2, 0) is 20.7 Å². The van der Waals surface area contributed by atoms with Crippen molar-refractivity contribution >= 4 is 12.7 Å². The summed E-state index contributed by atoms with van der Waals surface area (Å²) in [5, 5.41) is 0. The van der Waals surface area contributed by atoms with Gasteiger partial charge in [0.2, 0.25) is 0 Å². The van der Waals surface area contributed by atoms with E-state index in [4.69, 9.17) is 14.0 Å². The average molecular weight is 267 g/mol. The van der Waals surface area contributed by atoms with Gasteiger partial charge < -0.3 is 14.0 Å². The molecule has 1 fully saturated rings. The normalized spacial score (nSPS) is 20.8. The molecule has 0 bridgehead atoms. The maximum atomic E-state index is 13.8. The average Bonchev–Trinajstić information content (AvgIpc) is 2.51. The van der Waals surface area contributed by atoms with E-state index in [0.29, 0.717) is 11.2 Å². The Morgan fingerprint density at radius 3 is 2.32 bits per heavy atom. The maximum Gasteiger partial charge on any atom is 0.514 e. The lowest BCUT2D eigenvalue weighted by atomic mass is 9.84. The number of aromatic nitrogens is 1. The van der Waals surface area contributed by atoms with Crippen LogP contribution in [-0.4, -0.2) is 30.4 Å². The van der Waals surface area contributed by atoms with E-state index in [-0.39, 0.29) is 12.4 Å². The molecule has 2 heterocycles. The lowest BCUT2D eigenvalue weighted by Gasteiger charge is -2.32. The van der Waals surface area contributed by atoms with Crippen molar-refractivity contribution in [3.05, 3.63) is 23.6 Å². The molecule has 0 unspecified atom stereocenters. The first kappa shape index (κ1) is 14.4. The monoisotopic (exact) mass is 267 g/mol. The molecule has 0 radical (unpaired) electrons. The van der Waals surface area contributed by atoms with Gasteiger partial charge in [-0.15, -0.1) is 0 Å². The van der Waals surface area contributed by atoms with Gasteiger partial charge in [-0.3, -0.25) is 4.98 Å². The number of rotatable bonds is 3. The van der Waals surface area contributed by atoms with E-state index in [1.807, 2.05) is 27.7 Å². The SMILES string of the molecule is COCc1cnc(B2OC(C)(C)C(C)(C)O2)cc1F. The van der Waals surface area contributed by atoms with Gasteiger partial charge in [-0.2, -0.15) is 0 Å². The van der Waals surface area contributed by atoms with Crippen LogP contribution < -0.4 is 5.59 Å². The lowest BCUT2D eigenvalue weighted by molar-refractivity contribution is 0.00578. The molecule has 2 rings (SSSR count). The third-order valence-corrected chi connectivity index (χ3v) is 3.75. The Kier molecular flexibility index (Phi) is 3.68. The highest BCUT2D eigenvalue weighted by molar-refractivity contribution is 6.61. The summed E-state index contributed by atoms with van der Waals surface area (Å²) < 4.78 is 30.4. The topological polar surface area (TPSA) is 40.6 Å². The molecule has 0 amide bonds. The molecule has 0 saturated carbocycles. The summed E-state index contributed by atoms with van der Waals surface area (Å²) >= 11 is 0. The molecule has 1 aliphatic rings. The molecule has 6 heteroatoms. The Morgan fingerprint density at radius 1 is 1.26 bits per heavy atom. The van der Waals surface area contributed by atoms with E-state index in [1.165, 1.54) is 19.4 Å². The van der Waals surface area contributed by atoms with Gasteiger partial charge in [-0.05, 0) is 33.8 Å². The minimum absolute atomic E-state index is 0.197. The molecular formula is C13H19BFNO3.